The Balaban J connectivity index is 1.56. The molecule has 0 saturated carbocycles. The predicted molar refractivity (Wildman–Crippen MR) is 126 cm³/mol. The lowest BCUT2D eigenvalue weighted by molar-refractivity contribution is 0.201. The topological polar surface area (TPSA) is 130 Å². The van der Waals surface area contributed by atoms with E-state index in [0.717, 1.165) is 55.0 Å². The molecule has 9 heteroatoms. The van der Waals surface area contributed by atoms with Crippen LogP contribution in [0.15, 0.2) is 48.9 Å². The summed E-state index contributed by atoms with van der Waals surface area (Å²) in [5.74, 6) is 2.97. The molecule has 0 unspecified atom stereocenters. The highest BCUT2D eigenvalue weighted by atomic mass is 16.5. The van der Waals surface area contributed by atoms with Crippen molar-refractivity contribution in [1.29, 1.82) is 0 Å². The number of nitrogens with two attached hydrogens (primary N) is 1. The number of nitrogen functional groups attached to an aromatic ring is 1. The maximum absolute atomic E-state index is 8.94. The van der Waals surface area contributed by atoms with Crippen molar-refractivity contribution >= 4 is 23.1 Å². The number of pyridine rings is 1. The molecule has 2 aromatic heterocycles. The van der Waals surface area contributed by atoms with Crippen molar-refractivity contribution in [1.82, 2.24) is 20.3 Å². The molecule has 1 aliphatic rings. The fourth-order valence-corrected chi connectivity index (χ4v) is 3.67. The molecule has 4 rings (SSSR count). The van der Waals surface area contributed by atoms with Gasteiger partial charge in [-0.15, -0.1) is 0 Å². The zero-order chi connectivity index (χ0) is 22.2. The first-order valence-corrected chi connectivity index (χ1v) is 10.8. The van der Waals surface area contributed by atoms with Gasteiger partial charge in [-0.05, 0) is 49.5 Å². The summed E-state index contributed by atoms with van der Waals surface area (Å²) < 4.78 is 5.48. The molecular weight excluding hydrogens is 406 g/mol. The van der Waals surface area contributed by atoms with Gasteiger partial charge >= 0.3 is 0 Å². The average molecular weight is 436 g/mol. The number of nitrogens with one attached hydrogen (secondary N) is 3. The van der Waals surface area contributed by atoms with Crippen molar-refractivity contribution in [2.75, 3.05) is 49.2 Å². The number of piperidine rings is 1. The van der Waals surface area contributed by atoms with Crippen molar-refractivity contribution in [3.05, 3.63) is 48.9 Å². The third kappa shape index (κ3) is 5.83. The summed E-state index contributed by atoms with van der Waals surface area (Å²) in [7, 11) is 0. The van der Waals surface area contributed by atoms with Crippen molar-refractivity contribution < 1.29 is 9.84 Å². The Morgan fingerprint density at radius 2 is 1.81 bits per heavy atom. The van der Waals surface area contributed by atoms with Gasteiger partial charge in [0.05, 0.1) is 19.0 Å². The van der Waals surface area contributed by atoms with Gasteiger partial charge in [0.2, 0.25) is 0 Å². The van der Waals surface area contributed by atoms with Gasteiger partial charge in [0, 0.05) is 30.1 Å². The molecule has 0 spiro atoms. The Hall–Kier alpha value is -3.43. The fraction of sp³-hybridized carbons (Fsp3) is 0.348. The van der Waals surface area contributed by atoms with Crippen LogP contribution in [0.1, 0.15) is 12.8 Å². The summed E-state index contributed by atoms with van der Waals surface area (Å²) in [6.45, 7) is 3.29. The predicted octanol–water partition coefficient (Wildman–Crippen LogP) is 2.65. The smallest absolute Gasteiger partial charge is 0.150 e. The minimum atomic E-state index is -0.0106. The summed E-state index contributed by atoms with van der Waals surface area (Å²) in [5, 5.41) is 19.2. The number of aliphatic hydroxyl groups excluding tert-OH is 1. The number of benzene rings is 1. The van der Waals surface area contributed by atoms with E-state index in [4.69, 9.17) is 15.6 Å². The lowest BCUT2D eigenvalue weighted by Gasteiger charge is -2.24. The molecular formula is C23H29N7O2. The maximum atomic E-state index is 8.94. The minimum Gasteiger partial charge on any atom is -0.491 e. The van der Waals surface area contributed by atoms with Crippen LogP contribution < -0.4 is 26.4 Å². The Morgan fingerprint density at radius 3 is 2.53 bits per heavy atom. The highest BCUT2D eigenvalue weighted by Crippen LogP contribution is 2.31. The Bertz CT molecular complexity index is 990. The zero-order valence-electron chi connectivity index (χ0n) is 17.9. The van der Waals surface area contributed by atoms with E-state index in [-0.39, 0.29) is 13.2 Å². The summed E-state index contributed by atoms with van der Waals surface area (Å²) in [6.07, 6.45) is 7.26. The van der Waals surface area contributed by atoms with E-state index in [0.29, 0.717) is 23.4 Å². The molecule has 32 heavy (non-hydrogen) atoms. The number of nitrogens with zero attached hydrogens (tertiary/aromatic N) is 3. The van der Waals surface area contributed by atoms with Crippen molar-refractivity contribution in [3.63, 3.8) is 0 Å². The third-order valence-corrected chi connectivity index (χ3v) is 5.40. The number of ether oxygens (including phenoxy) is 1. The lowest BCUT2D eigenvalue weighted by Crippen LogP contribution is -2.31. The zero-order valence-corrected chi connectivity index (χ0v) is 17.9. The number of rotatable bonds is 9. The molecule has 9 nitrogen and oxygen atoms in total. The van der Waals surface area contributed by atoms with Crippen LogP contribution >= 0.6 is 0 Å². The maximum Gasteiger partial charge on any atom is 0.150 e. The van der Waals surface area contributed by atoms with Crippen molar-refractivity contribution in [3.8, 4) is 16.9 Å². The Morgan fingerprint density at radius 1 is 1.03 bits per heavy atom. The van der Waals surface area contributed by atoms with E-state index < -0.39 is 0 Å². The number of aliphatic hydroxyl groups is 1. The minimum absolute atomic E-state index is 0.0106. The molecule has 0 amide bonds. The summed E-state index contributed by atoms with van der Waals surface area (Å²) in [4.78, 5) is 12.9. The highest BCUT2D eigenvalue weighted by molar-refractivity contribution is 5.80. The standard InChI is InChI=1S/C23H29N7O2/c24-21-14-29-23(15-27-21)30-22-11-20(26-12-16-5-7-25-8-6-16)19(13-28-22)17-1-3-18(4-2-17)32-10-9-31/h1-4,11,13-16,25,31H,5-10,12H2,(H2,24,27)(H2,26,28,29,30). The normalized spacial score (nSPS) is 14.2. The van der Waals surface area contributed by atoms with E-state index in [2.05, 4.69) is 30.9 Å². The van der Waals surface area contributed by atoms with Gasteiger partial charge in [-0.2, -0.15) is 0 Å². The third-order valence-electron chi connectivity index (χ3n) is 5.40. The number of hydrogen-bond acceptors (Lipinski definition) is 9. The fourth-order valence-electron chi connectivity index (χ4n) is 3.67. The first-order valence-electron chi connectivity index (χ1n) is 10.8. The second-order valence-corrected chi connectivity index (χ2v) is 7.74. The second-order valence-electron chi connectivity index (χ2n) is 7.74. The lowest BCUT2D eigenvalue weighted by atomic mass is 9.97. The summed E-state index contributed by atoms with van der Waals surface area (Å²) >= 11 is 0. The largest absolute Gasteiger partial charge is 0.491 e. The quantitative estimate of drug-likeness (QED) is 0.344. The van der Waals surface area contributed by atoms with Gasteiger partial charge < -0.3 is 31.5 Å². The average Bonchev–Trinajstić information content (AvgIpc) is 2.84. The van der Waals surface area contributed by atoms with Crippen LogP contribution in [0.25, 0.3) is 11.1 Å². The molecule has 6 N–H and O–H groups in total. The molecule has 3 heterocycles. The van der Waals surface area contributed by atoms with Crippen molar-refractivity contribution in [2.45, 2.75) is 12.8 Å². The highest BCUT2D eigenvalue weighted by Gasteiger charge is 2.15. The first kappa shape index (κ1) is 21.8. The van der Waals surface area contributed by atoms with E-state index >= 15 is 0 Å². The molecule has 1 aliphatic heterocycles. The molecule has 0 bridgehead atoms. The molecule has 0 atom stereocenters. The Labute approximate surface area is 187 Å². The molecule has 3 aromatic rings. The van der Waals surface area contributed by atoms with Gasteiger partial charge in [0.1, 0.15) is 29.8 Å². The van der Waals surface area contributed by atoms with Crippen molar-refractivity contribution in [2.24, 2.45) is 5.92 Å². The van der Waals surface area contributed by atoms with E-state index in [9.17, 15) is 0 Å². The summed E-state index contributed by atoms with van der Waals surface area (Å²) in [5.41, 5.74) is 8.65. The van der Waals surface area contributed by atoms with Gasteiger partial charge in [0.15, 0.2) is 0 Å². The van der Waals surface area contributed by atoms with Crippen LogP contribution in [-0.2, 0) is 0 Å². The van der Waals surface area contributed by atoms with Crippen LogP contribution in [-0.4, -0.2) is 52.9 Å². The molecule has 0 aliphatic carbocycles. The van der Waals surface area contributed by atoms with Crippen LogP contribution in [0.3, 0.4) is 0 Å². The first-order chi connectivity index (χ1) is 15.7. The number of hydrogen-bond donors (Lipinski definition) is 5. The van der Waals surface area contributed by atoms with E-state index in [1.165, 1.54) is 6.20 Å². The van der Waals surface area contributed by atoms with Crippen LogP contribution in [0, 0.1) is 5.92 Å². The monoisotopic (exact) mass is 435 g/mol. The number of aromatic nitrogens is 3. The van der Waals surface area contributed by atoms with Gasteiger partial charge in [0.25, 0.3) is 0 Å². The molecule has 1 fully saturated rings. The molecule has 1 saturated heterocycles. The Kier molecular flexibility index (Phi) is 7.31. The van der Waals surface area contributed by atoms with Gasteiger partial charge in [-0.25, -0.2) is 15.0 Å². The van der Waals surface area contributed by atoms with E-state index in [1.807, 2.05) is 36.5 Å². The summed E-state index contributed by atoms with van der Waals surface area (Å²) in [6, 6.07) is 9.79. The SMILES string of the molecule is Nc1cnc(Nc2cc(NCC3CCNCC3)c(-c3ccc(OCCO)cc3)cn2)cn1. The molecule has 168 valence electrons. The van der Waals surface area contributed by atoms with Gasteiger partial charge in [-0.1, -0.05) is 12.1 Å². The van der Waals surface area contributed by atoms with Crippen LogP contribution in [0.5, 0.6) is 5.75 Å². The van der Waals surface area contributed by atoms with Crippen LogP contribution in [0.4, 0.5) is 23.1 Å². The molecule has 1 aromatic carbocycles. The second kappa shape index (κ2) is 10.7. The van der Waals surface area contributed by atoms with E-state index in [1.54, 1.807) is 6.20 Å². The molecule has 0 radical (unpaired) electrons. The van der Waals surface area contributed by atoms with Gasteiger partial charge in [-0.3, -0.25) is 0 Å². The van der Waals surface area contributed by atoms with Crippen LogP contribution in [0.2, 0.25) is 0 Å². The number of anilines is 4.